The van der Waals surface area contributed by atoms with Gasteiger partial charge in [0.15, 0.2) is 5.15 Å². The molecule has 6 nitrogen and oxygen atoms in total. The first-order valence-electron chi connectivity index (χ1n) is 7.02. The fraction of sp³-hybridized carbons (Fsp3) is 0.500. The van der Waals surface area contributed by atoms with Gasteiger partial charge in [0.25, 0.3) is 0 Å². The minimum Gasteiger partial charge on any atom is -0.543 e. The fourth-order valence-electron chi connectivity index (χ4n) is 2.93. The Bertz CT molecular complexity index is 691. The van der Waals surface area contributed by atoms with Crippen LogP contribution < -0.4 is 24.0 Å². The number of rotatable bonds is 3. The van der Waals surface area contributed by atoms with Gasteiger partial charge >= 0.3 is 18.9 Å². The van der Waals surface area contributed by atoms with Gasteiger partial charge in [0.2, 0.25) is 0 Å². The molecule has 0 radical (unpaired) electrons. The second-order valence-electron chi connectivity index (χ2n) is 5.67. The second-order valence-corrected chi connectivity index (χ2v) is 6.03. The molecule has 1 fully saturated rings. The Balaban J connectivity index is 0.00000176. The summed E-state index contributed by atoms with van der Waals surface area (Å²) >= 11 is 5.96. The summed E-state index contributed by atoms with van der Waals surface area (Å²) in [5.41, 5.74) is 1.82. The van der Waals surface area contributed by atoms with Crippen LogP contribution >= 0.6 is 11.6 Å². The molecule has 2 aromatic heterocycles. The number of hydrogen-bond acceptors (Lipinski definition) is 5. The van der Waals surface area contributed by atoms with E-state index in [0.29, 0.717) is 23.5 Å². The topological polar surface area (TPSA) is 84.9 Å². The molecule has 0 aliphatic carbocycles. The number of nitrogens with one attached hydrogen (secondary N) is 1. The van der Waals surface area contributed by atoms with Crippen LogP contribution in [-0.2, 0) is 6.54 Å². The zero-order valence-corrected chi connectivity index (χ0v) is 13.5. The van der Waals surface area contributed by atoms with Gasteiger partial charge in [-0.25, -0.2) is 4.98 Å². The molecule has 3 rings (SSSR count). The number of pyridine rings is 1. The smallest absolute Gasteiger partial charge is 0.543 e. The number of fused-ring (bicyclic) bond motifs is 1. The molecule has 22 heavy (non-hydrogen) atoms. The van der Waals surface area contributed by atoms with Gasteiger partial charge in [-0.2, -0.15) is 5.10 Å². The summed E-state index contributed by atoms with van der Waals surface area (Å²) in [5, 5.41) is 18.0. The summed E-state index contributed by atoms with van der Waals surface area (Å²) in [4.78, 5) is 17.4. The summed E-state index contributed by atoms with van der Waals surface area (Å²) in [5.74, 6) is -0.649. The summed E-state index contributed by atoms with van der Waals surface area (Å²) in [7, 11) is 0. The average molecular weight is 315 g/mol. The van der Waals surface area contributed by atoms with E-state index in [1.165, 1.54) is 6.42 Å². The molecule has 1 saturated heterocycles. The minimum atomic E-state index is -1.30. The van der Waals surface area contributed by atoms with Crippen molar-refractivity contribution in [2.24, 2.45) is 5.92 Å². The van der Waals surface area contributed by atoms with Gasteiger partial charge in [0.05, 0.1) is 17.2 Å². The Morgan fingerprint density at radius 3 is 3.05 bits per heavy atom. The van der Waals surface area contributed by atoms with Crippen LogP contribution in [0.25, 0.3) is 11.0 Å². The van der Waals surface area contributed by atoms with Crippen LogP contribution in [0.2, 0.25) is 5.15 Å². The largest absolute Gasteiger partial charge is 1.00 e. The van der Waals surface area contributed by atoms with E-state index in [1.807, 2.05) is 0 Å². The number of hydrogen-bond donors (Lipinski definition) is 1. The normalized spacial score (nSPS) is 19.1. The van der Waals surface area contributed by atoms with Crippen molar-refractivity contribution >= 4 is 28.6 Å². The monoisotopic (exact) mass is 314 g/mol. The number of piperidine rings is 1. The summed E-state index contributed by atoms with van der Waals surface area (Å²) < 4.78 is 0. The predicted octanol–water partition coefficient (Wildman–Crippen LogP) is -1.79. The number of carboxylic acids is 1. The first-order valence-corrected chi connectivity index (χ1v) is 7.39. The number of likely N-dealkylation sites (tertiary alicyclic amines) is 1. The number of aromatic carboxylic acids is 1. The van der Waals surface area contributed by atoms with Crippen molar-refractivity contribution in [1.82, 2.24) is 20.1 Å². The molecule has 0 spiro atoms. The summed E-state index contributed by atoms with van der Waals surface area (Å²) in [6.07, 6.45) is 2.40. The van der Waals surface area contributed by atoms with E-state index in [-0.39, 0.29) is 29.7 Å². The predicted molar refractivity (Wildman–Crippen MR) is 76.9 cm³/mol. The minimum absolute atomic E-state index is 0. The van der Waals surface area contributed by atoms with Crippen molar-refractivity contribution in [2.75, 3.05) is 13.1 Å². The third-order valence-electron chi connectivity index (χ3n) is 3.91. The van der Waals surface area contributed by atoms with Gasteiger partial charge in [-0.1, -0.05) is 18.5 Å². The molecular weight excluding hydrogens is 299 g/mol. The Morgan fingerprint density at radius 1 is 1.59 bits per heavy atom. The number of aromatic amines is 1. The molecule has 0 aromatic carbocycles. The number of carbonyl (C=O) groups excluding carboxylic acids is 1. The molecule has 0 unspecified atom stereocenters. The molecule has 1 aliphatic rings. The van der Waals surface area contributed by atoms with Gasteiger partial charge in [0, 0.05) is 13.1 Å². The molecule has 1 atom stereocenters. The van der Waals surface area contributed by atoms with Gasteiger partial charge in [0.1, 0.15) is 5.52 Å². The van der Waals surface area contributed by atoms with E-state index in [0.717, 1.165) is 25.1 Å². The molecule has 0 saturated carbocycles. The number of H-pyrrole nitrogens is 1. The second kappa shape index (κ2) is 7.01. The Morgan fingerprint density at radius 2 is 2.36 bits per heavy atom. The van der Waals surface area contributed by atoms with Crippen LogP contribution in [0.15, 0.2) is 6.07 Å². The maximum atomic E-state index is 11.1. The summed E-state index contributed by atoms with van der Waals surface area (Å²) in [6.45, 7) is 4.90. The molecule has 0 bridgehead atoms. The van der Waals surface area contributed by atoms with Crippen LogP contribution in [0.1, 0.15) is 35.8 Å². The number of carbonyl (C=O) groups is 1. The third-order valence-corrected chi connectivity index (χ3v) is 4.17. The molecule has 1 N–H and O–H groups in total. The Labute approximate surface area is 145 Å². The standard InChI is InChI=1S/C14H17ClN4O2.Li/c1-8-3-2-4-19(6-8)7-9-5-10(14(20)21)16-12-11(9)17-18-13(12)15;/h5,8H,2-4,6-7H2,1H3,(H,17,18)(H,20,21);/q;+1/p-1/t8-;/m0./s1. The van der Waals surface area contributed by atoms with E-state index < -0.39 is 5.97 Å². The number of aromatic nitrogens is 3. The van der Waals surface area contributed by atoms with E-state index >= 15 is 0 Å². The zero-order chi connectivity index (χ0) is 15.0. The van der Waals surface area contributed by atoms with Crippen molar-refractivity contribution < 1.29 is 28.8 Å². The van der Waals surface area contributed by atoms with Crippen LogP contribution in [0.5, 0.6) is 0 Å². The van der Waals surface area contributed by atoms with Crippen molar-refractivity contribution in [2.45, 2.75) is 26.3 Å². The summed E-state index contributed by atoms with van der Waals surface area (Å²) in [6, 6.07) is 1.55. The van der Waals surface area contributed by atoms with Crippen molar-refractivity contribution in [3.63, 3.8) is 0 Å². The van der Waals surface area contributed by atoms with Crippen molar-refractivity contribution in [3.8, 4) is 0 Å². The van der Waals surface area contributed by atoms with Crippen LogP contribution in [0.3, 0.4) is 0 Å². The van der Waals surface area contributed by atoms with Crippen LogP contribution in [-0.4, -0.2) is 39.1 Å². The van der Waals surface area contributed by atoms with Gasteiger partial charge in [-0.05, 0) is 36.9 Å². The van der Waals surface area contributed by atoms with E-state index in [2.05, 4.69) is 27.0 Å². The number of carboxylic acid groups (broad SMARTS) is 1. The molecule has 0 amide bonds. The van der Waals surface area contributed by atoms with E-state index in [4.69, 9.17) is 11.6 Å². The number of halogens is 1. The Hall–Kier alpha value is -1.06. The Kier molecular flexibility index (Phi) is 5.51. The van der Waals surface area contributed by atoms with Crippen LogP contribution in [0.4, 0.5) is 0 Å². The van der Waals surface area contributed by atoms with Crippen LogP contribution in [0, 0.1) is 5.92 Å². The quantitative estimate of drug-likeness (QED) is 0.677. The number of nitrogens with zero attached hydrogens (tertiary/aromatic N) is 3. The maximum absolute atomic E-state index is 11.1. The average Bonchev–Trinajstić information content (AvgIpc) is 2.81. The van der Waals surface area contributed by atoms with Gasteiger partial charge in [-0.15, -0.1) is 0 Å². The molecule has 8 heteroatoms. The molecule has 1 aliphatic heterocycles. The van der Waals surface area contributed by atoms with Crippen molar-refractivity contribution in [3.05, 3.63) is 22.5 Å². The molecule has 112 valence electrons. The molecular formula is C14H16ClLiN4O2. The van der Waals surface area contributed by atoms with Gasteiger partial charge < -0.3 is 9.90 Å². The molecule has 2 aromatic rings. The van der Waals surface area contributed by atoms with E-state index in [1.54, 1.807) is 6.07 Å². The SMILES string of the molecule is C[C@H]1CCCN(Cc2cc(C(=O)[O-])nc3c(Cl)n[nH]c23)C1.[Li+]. The third kappa shape index (κ3) is 3.46. The van der Waals surface area contributed by atoms with E-state index in [9.17, 15) is 9.90 Å². The fourth-order valence-corrected chi connectivity index (χ4v) is 3.11. The maximum Gasteiger partial charge on any atom is 1.00 e. The zero-order valence-electron chi connectivity index (χ0n) is 12.7. The van der Waals surface area contributed by atoms with Crippen molar-refractivity contribution in [1.29, 1.82) is 0 Å². The molecule has 3 heterocycles. The first-order chi connectivity index (χ1) is 10.0. The first kappa shape index (κ1) is 17.3. The van der Waals surface area contributed by atoms with Gasteiger partial charge in [-0.3, -0.25) is 10.00 Å².